The summed E-state index contributed by atoms with van der Waals surface area (Å²) in [7, 11) is 0. The molecule has 8 heteroatoms. The van der Waals surface area contributed by atoms with Crippen molar-refractivity contribution in [2.45, 2.75) is 44.6 Å². The van der Waals surface area contributed by atoms with Crippen LogP contribution < -0.4 is 10.4 Å². The van der Waals surface area contributed by atoms with E-state index in [0.29, 0.717) is 17.7 Å². The van der Waals surface area contributed by atoms with Crippen molar-refractivity contribution in [3.63, 3.8) is 0 Å². The van der Waals surface area contributed by atoms with E-state index in [0.717, 1.165) is 5.56 Å². The Morgan fingerprint density at radius 1 is 1.33 bits per heavy atom. The number of aromatic carboxylic acids is 1. The second-order valence-corrected chi connectivity index (χ2v) is 7.41. The lowest BCUT2D eigenvalue weighted by Gasteiger charge is -2.44. The molecule has 6 nitrogen and oxygen atoms in total. The minimum absolute atomic E-state index is 0.324. The summed E-state index contributed by atoms with van der Waals surface area (Å²) in [6.45, 7) is 0.846. The Hall–Kier alpha value is -2.74. The second-order valence-electron chi connectivity index (χ2n) is 7.41. The third-order valence-electron chi connectivity index (χ3n) is 5.26. The maximum absolute atomic E-state index is 13.0. The highest BCUT2D eigenvalue weighted by Crippen LogP contribution is 2.49. The molecule has 1 N–H and O–H groups in total. The first kappa shape index (κ1) is 17.7. The summed E-state index contributed by atoms with van der Waals surface area (Å²) < 4.78 is 32.6. The Morgan fingerprint density at radius 3 is 2.70 bits per heavy atom. The fourth-order valence-corrected chi connectivity index (χ4v) is 4.30. The quantitative estimate of drug-likeness (QED) is 0.892. The molecule has 0 bridgehead atoms. The molecule has 1 aromatic heterocycles. The molecular weight excluding hydrogens is 358 g/mol. The first-order chi connectivity index (χ1) is 12.7. The molecule has 0 amide bonds. The molecule has 1 aromatic carbocycles. The monoisotopic (exact) mass is 376 g/mol. The molecule has 2 atom stereocenters. The van der Waals surface area contributed by atoms with Crippen molar-refractivity contribution in [2.24, 2.45) is 0 Å². The zero-order valence-electron chi connectivity index (χ0n) is 14.7. The topological polar surface area (TPSA) is 71.8 Å². The summed E-state index contributed by atoms with van der Waals surface area (Å²) in [5, 5.41) is 11.2. The van der Waals surface area contributed by atoms with Gasteiger partial charge in [-0.1, -0.05) is 24.3 Å². The Kier molecular flexibility index (Phi) is 3.85. The fourth-order valence-electron chi connectivity index (χ4n) is 4.30. The fraction of sp³-hybridized carbons (Fsp3) is 0.368. The molecule has 142 valence electrons. The Balaban J connectivity index is 2.00. The average Bonchev–Trinajstić information content (AvgIpc) is 2.84. The van der Waals surface area contributed by atoms with Gasteiger partial charge in [-0.25, -0.2) is 4.79 Å². The van der Waals surface area contributed by atoms with Crippen molar-refractivity contribution in [1.82, 2.24) is 4.68 Å². The van der Waals surface area contributed by atoms with Crippen molar-refractivity contribution >= 4 is 5.97 Å². The Labute approximate surface area is 153 Å². The number of pyridine rings is 1. The molecule has 27 heavy (non-hydrogen) atoms. The number of rotatable bonds is 3. The predicted molar refractivity (Wildman–Crippen MR) is 93.6 cm³/mol. The minimum atomic E-state index is -2.91. The standard InChI is InChI=1S/C19H18F2N2O4/c1-19(2)8-15(27-18(20)21)16-11-6-4-3-5-10(11)13-7-14(24)12(17(25)26)9-22(13)23(16)19/h3-7,9,15-16,18H,8H2,1-2H3,(H,25,26). The van der Waals surface area contributed by atoms with Gasteiger partial charge in [0.2, 0.25) is 0 Å². The molecule has 3 heterocycles. The van der Waals surface area contributed by atoms with Crippen molar-refractivity contribution in [2.75, 3.05) is 5.01 Å². The van der Waals surface area contributed by atoms with Gasteiger partial charge in [0.05, 0.1) is 23.4 Å². The van der Waals surface area contributed by atoms with Crippen LogP contribution in [0, 0.1) is 0 Å². The predicted octanol–water partition coefficient (Wildman–Crippen LogP) is 3.00. The minimum Gasteiger partial charge on any atom is -0.477 e. The molecule has 2 aliphatic rings. The summed E-state index contributed by atoms with van der Waals surface area (Å²) in [6.07, 6.45) is 0.821. The van der Waals surface area contributed by atoms with Crippen LogP contribution in [0.25, 0.3) is 11.3 Å². The number of aromatic nitrogens is 1. The van der Waals surface area contributed by atoms with Crippen LogP contribution >= 0.6 is 0 Å². The van der Waals surface area contributed by atoms with E-state index in [4.69, 9.17) is 4.74 Å². The van der Waals surface area contributed by atoms with E-state index < -0.39 is 35.7 Å². The molecule has 2 aromatic rings. The number of nitrogens with zero attached hydrogens (tertiary/aromatic N) is 2. The number of carbonyl (C=O) groups is 1. The first-order valence-electron chi connectivity index (χ1n) is 8.53. The third kappa shape index (κ3) is 2.63. The Bertz CT molecular complexity index is 986. The lowest BCUT2D eigenvalue weighted by atomic mass is 9.93. The van der Waals surface area contributed by atoms with Gasteiger partial charge >= 0.3 is 12.6 Å². The van der Waals surface area contributed by atoms with Gasteiger partial charge in [0, 0.05) is 24.2 Å². The van der Waals surface area contributed by atoms with Gasteiger partial charge in [-0.2, -0.15) is 8.78 Å². The molecule has 0 saturated carbocycles. The van der Waals surface area contributed by atoms with Crippen LogP contribution in [-0.2, 0) is 4.74 Å². The number of hydrogen-bond acceptors (Lipinski definition) is 4. The van der Waals surface area contributed by atoms with E-state index in [1.54, 1.807) is 22.9 Å². The molecule has 0 spiro atoms. The molecule has 1 saturated heterocycles. The highest BCUT2D eigenvalue weighted by atomic mass is 19.3. The molecule has 0 aliphatic carbocycles. The summed E-state index contributed by atoms with van der Waals surface area (Å²) in [5.74, 6) is -1.33. The molecule has 0 radical (unpaired) electrons. The maximum Gasteiger partial charge on any atom is 0.345 e. The summed E-state index contributed by atoms with van der Waals surface area (Å²) in [6, 6.07) is 7.98. The zero-order chi connectivity index (χ0) is 19.5. The maximum atomic E-state index is 13.0. The van der Waals surface area contributed by atoms with Crippen molar-refractivity contribution in [1.29, 1.82) is 0 Å². The van der Waals surface area contributed by atoms with E-state index >= 15 is 0 Å². The van der Waals surface area contributed by atoms with E-state index in [1.807, 2.05) is 24.9 Å². The largest absolute Gasteiger partial charge is 0.477 e. The van der Waals surface area contributed by atoms with Crippen LogP contribution in [0.15, 0.2) is 41.3 Å². The molecule has 2 aliphatic heterocycles. The highest BCUT2D eigenvalue weighted by Gasteiger charge is 2.51. The van der Waals surface area contributed by atoms with Gasteiger partial charge in [-0.15, -0.1) is 0 Å². The van der Waals surface area contributed by atoms with Crippen LogP contribution in [0.2, 0.25) is 0 Å². The van der Waals surface area contributed by atoms with Gasteiger partial charge in [-0.05, 0) is 19.4 Å². The smallest absolute Gasteiger partial charge is 0.345 e. The number of carboxylic acids is 1. The lowest BCUT2D eigenvalue weighted by molar-refractivity contribution is -0.165. The first-order valence-corrected chi connectivity index (χ1v) is 8.53. The third-order valence-corrected chi connectivity index (χ3v) is 5.26. The molecule has 2 unspecified atom stereocenters. The summed E-state index contributed by atoms with van der Waals surface area (Å²) in [4.78, 5) is 23.7. The van der Waals surface area contributed by atoms with Crippen LogP contribution in [0.5, 0.6) is 0 Å². The summed E-state index contributed by atoms with van der Waals surface area (Å²) >= 11 is 0. The lowest BCUT2D eigenvalue weighted by Crippen LogP contribution is -2.50. The van der Waals surface area contributed by atoms with Crippen molar-refractivity contribution in [3.05, 3.63) is 57.9 Å². The number of benzene rings is 1. The van der Waals surface area contributed by atoms with Crippen LogP contribution in [0.4, 0.5) is 8.78 Å². The van der Waals surface area contributed by atoms with Gasteiger partial charge in [0.25, 0.3) is 0 Å². The van der Waals surface area contributed by atoms with E-state index in [2.05, 4.69) is 0 Å². The van der Waals surface area contributed by atoms with E-state index in [1.165, 1.54) is 12.3 Å². The molecular formula is C19H18F2N2O4. The van der Waals surface area contributed by atoms with Gasteiger partial charge in [-0.3, -0.25) is 14.5 Å². The highest BCUT2D eigenvalue weighted by molar-refractivity contribution is 5.88. The van der Waals surface area contributed by atoms with E-state index in [-0.39, 0.29) is 5.56 Å². The van der Waals surface area contributed by atoms with Crippen LogP contribution in [-0.4, -0.2) is 34.0 Å². The van der Waals surface area contributed by atoms with Gasteiger partial charge < -0.3 is 9.84 Å². The zero-order valence-corrected chi connectivity index (χ0v) is 14.7. The van der Waals surface area contributed by atoms with E-state index in [9.17, 15) is 23.5 Å². The Morgan fingerprint density at radius 2 is 2.04 bits per heavy atom. The number of hydrogen-bond donors (Lipinski definition) is 1. The van der Waals surface area contributed by atoms with Gasteiger partial charge in [0.1, 0.15) is 5.56 Å². The summed E-state index contributed by atoms with van der Waals surface area (Å²) in [5.41, 5.74) is 0.439. The number of fused-ring (bicyclic) bond motifs is 6. The van der Waals surface area contributed by atoms with Crippen molar-refractivity contribution in [3.8, 4) is 11.3 Å². The number of halogens is 2. The van der Waals surface area contributed by atoms with Gasteiger partial charge in [0.15, 0.2) is 5.43 Å². The SMILES string of the molecule is CC1(C)CC(OC(F)F)C2c3ccccc3-c3cc(=O)c(C(=O)O)cn3N21. The average molecular weight is 376 g/mol. The van der Waals surface area contributed by atoms with Crippen LogP contribution in [0.3, 0.4) is 0 Å². The molecule has 1 fully saturated rings. The second kappa shape index (κ2) is 5.88. The number of ether oxygens (including phenoxy) is 1. The van der Waals surface area contributed by atoms with Crippen LogP contribution in [0.1, 0.15) is 42.2 Å². The number of alkyl halides is 2. The van der Waals surface area contributed by atoms with Crippen molar-refractivity contribution < 1.29 is 23.4 Å². The normalized spacial score (nSPS) is 22.3. The number of carboxylic acid groups (broad SMARTS) is 1. The molecule has 4 rings (SSSR count).